The van der Waals surface area contributed by atoms with E-state index in [2.05, 4.69) is 6.92 Å². The largest absolute Gasteiger partial charge is 0.462 e. The average molecular weight is 184 g/mol. The van der Waals surface area contributed by atoms with Gasteiger partial charge in [-0.25, -0.2) is 0 Å². The fraction of sp³-hybridized carbons (Fsp3) is 0.909. The maximum atomic E-state index is 11.5. The molecule has 0 N–H and O–H groups in total. The molecule has 0 aromatic heterocycles. The molecule has 1 heterocycles. The maximum Gasteiger partial charge on any atom is 0.309 e. The zero-order valence-corrected chi connectivity index (χ0v) is 8.71. The van der Waals surface area contributed by atoms with Gasteiger partial charge in [-0.2, -0.15) is 0 Å². The molecular weight excluding hydrogens is 164 g/mol. The molecule has 0 amide bonds. The van der Waals surface area contributed by atoms with Gasteiger partial charge in [0.2, 0.25) is 0 Å². The van der Waals surface area contributed by atoms with Crippen LogP contribution in [-0.2, 0) is 9.53 Å². The van der Waals surface area contributed by atoms with Crippen molar-refractivity contribution >= 4 is 5.97 Å². The second-order valence-electron chi connectivity index (χ2n) is 4.02. The van der Waals surface area contributed by atoms with Crippen molar-refractivity contribution in [1.29, 1.82) is 0 Å². The molecule has 0 saturated carbocycles. The molecule has 13 heavy (non-hydrogen) atoms. The number of carbonyl (C=O) groups excluding carboxylic acids is 1. The lowest BCUT2D eigenvalue weighted by Crippen LogP contribution is -2.18. The van der Waals surface area contributed by atoms with Crippen molar-refractivity contribution in [3.63, 3.8) is 0 Å². The van der Waals surface area contributed by atoms with E-state index in [0.717, 1.165) is 32.1 Å². The van der Waals surface area contributed by atoms with Gasteiger partial charge in [0, 0.05) is 0 Å². The zero-order chi connectivity index (χ0) is 9.68. The highest BCUT2D eigenvalue weighted by molar-refractivity contribution is 5.72. The van der Waals surface area contributed by atoms with Crippen LogP contribution < -0.4 is 0 Å². The minimum absolute atomic E-state index is 0.0402. The molecule has 1 saturated heterocycles. The smallest absolute Gasteiger partial charge is 0.309 e. The van der Waals surface area contributed by atoms with E-state index in [1.54, 1.807) is 0 Å². The molecule has 2 heteroatoms. The van der Waals surface area contributed by atoms with E-state index in [0.29, 0.717) is 0 Å². The maximum absolute atomic E-state index is 11.5. The van der Waals surface area contributed by atoms with Gasteiger partial charge in [-0.15, -0.1) is 0 Å². The minimum Gasteiger partial charge on any atom is -0.462 e. The third-order valence-corrected chi connectivity index (χ3v) is 2.72. The predicted molar refractivity (Wildman–Crippen MR) is 52.4 cm³/mol. The summed E-state index contributed by atoms with van der Waals surface area (Å²) in [4.78, 5) is 11.5. The third kappa shape index (κ3) is 3.37. The molecule has 0 spiro atoms. The SMILES string of the molecule is CCCCC1CCCC(C)OC1=O. The summed E-state index contributed by atoms with van der Waals surface area (Å²) in [7, 11) is 0. The number of rotatable bonds is 3. The molecule has 76 valence electrons. The monoisotopic (exact) mass is 184 g/mol. The normalized spacial score (nSPS) is 29.5. The average Bonchev–Trinajstić information content (AvgIpc) is 2.24. The molecule has 2 atom stereocenters. The number of hydrogen-bond acceptors (Lipinski definition) is 2. The van der Waals surface area contributed by atoms with Crippen LogP contribution in [0.15, 0.2) is 0 Å². The van der Waals surface area contributed by atoms with Crippen LogP contribution in [0.3, 0.4) is 0 Å². The molecule has 2 nitrogen and oxygen atoms in total. The van der Waals surface area contributed by atoms with Gasteiger partial charge >= 0.3 is 5.97 Å². The molecule has 2 unspecified atom stereocenters. The van der Waals surface area contributed by atoms with Crippen molar-refractivity contribution in [2.24, 2.45) is 5.92 Å². The van der Waals surface area contributed by atoms with Crippen molar-refractivity contribution in [3.05, 3.63) is 0 Å². The Kier molecular flexibility index (Phi) is 4.26. The Labute approximate surface area is 80.7 Å². The van der Waals surface area contributed by atoms with E-state index in [-0.39, 0.29) is 18.0 Å². The van der Waals surface area contributed by atoms with Crippen LogP contribution in [0.1, 0.15) is 52.4 Å². The van der Waals surface area contributed by atoms with Gasteiger partial charge in [-0.1, -0.05) is 19.8 Å². The summed E-state index contributed by atoms with van der Waals surface area (Å²) in [6.45, 7) is 4.14. The van der Waals surface area contributed by atoms with E-state index in [4.69, 9.17) is 4.74 Å². The summed E-state index contributed by atoms with van der Waals surface area (Å²) in [5.41, 5.74) is 0. The molecule has 0 aromatic carbocycles. The van der Waals surface area contributed by atoms with Crippen molar-refractivity contribution in [2.45, 2.75) is 58.5 Å². The second-order valence-corrected chi connectivity index (χ2v) is 4.02. The van der Waals surface area contributed by atoms with Crippen LogP contribution in [0.25, 0.3) is 0 Å². The number of unbranched alkanes of at least 4 members (excludes halogenated alkanes) is 1. The third-order valence-electron chi connectivity index (χ3n) is 2.72. The van der Waals surface area contributed by atoms with Gasteiger partial charge in [0.1, 0.15) is 0 Å². The topological polar surface area (TPSA) is 26.3 Å². The number of cyclic esters (lactones) is 1. The molecule has 0 bridgehead atoms. The standard InChI is InChI=1S/C11H20O2/c1-3-4-7-10-8-5-6-9(2)13-11(10)12/h9-10H,3-8H2,1-2H3. The van der Waals surface area contributed by atoms with Gasteiger partial charge in [0.15, 0.2) is 0 Å². The van der Waals surface area contributed by atoms with Gasteiger partial charge in [0.25, 0.3) is 0 Å². The van der Waals surface area contributed by atoms with Crippen molar-refractivity contribution < 1.29 is 9.53 Å². The fourth-order valence-corrected chi connectivity index (χ4v) is 1.84. The summed E-state index contributed by atoms with van der Waals surface area (Å²) in [6.07, 6.45) is 6.67. The number of carbonyl (C=O) groups is 1. The number of hydrogen-bond donors (Lipinski definition) is 0. The summed E-state index contributed by atoms with van der Waals surface area (Å²) in [5.74, 6) is 0.225. The Morgan fingerprint density at radius 2 is 2.23 bits per heavy atom. The molecule has 1 fully saturated rings. The lowest BCUT2D eigenvalue weighted by molar-refractivity contribution is -0.152. The van der Waals surface area contributed by atoms with Crippen LogP contribution in [0.2, 0.25) is 0 Å². The lowest BCUT2D eigenvalue weighted by Gasteiger charge is -2.12. The zero-order valence-electron chi connectivity index (χ0n) is 8.71. The lowest BCUT2D eigenvalue weighted by atomic mass is 9.97. The van der Waals surface area contributed by atoms with E-state index >= 15 is 0 Å². The molecular formula is C11H20O2. The van der Waals surface area contributed by atoms with Gasteiger partial charge in [-0.3, -0.25) is 4.79 Å². The molecule has 1 aliphatic heterocycles. The Hall–Kier alpha value is -0.530. The van der Waals surface area contributed by atoms with E-state index in [1.807, 2.05) is 6.92 Å². The van der Waals surface area contributed by atoms with Crippen LogP contribution in [-0.4, -0.2) is 12.1 Å². The first-order valence-electron chi connectivity index (χ1n) is 5.44. The Morgan fingerprint density at radius 1 is 1.46 bits per heavy atom. The van der Waals surface area contributed by atoms with Crippen molar-refractivity contribution in [1.82, 2.24) is 0 Å². The highest BCUT2D eigenvalue weighted by atomic mass is 16.5. The molecule has 1 aliphatic rings. The predicted octanol–water partition coefficient (Wildman–Crippen LogP) is 2.91. The van der Waals surface area contributed by atoms with Crippen molar-refractivity contribution in [2.75, 3.05) is 0 Å². The summed E-state index contributed by atoms with van der Waals surface area (Å²) < 4.78 is 5.28. The van der Waals surface area contributed by atoms with Crippen LogP contribution in [0, 0.1) is 5.92 Å². The summed E-state index contributed by atoms with van der Waals surface area (Å²) in [6, 6.07) is 0. The first-order valence-corrected chi connectivity index (χ1v) is 5.44. The van der Waals surface area contributed by atoms with Crippen LogP contribution in [0.4, 0.5) is 0 Å². The van der Waals surface area contributed by atoms with E-state index in [9.17, 15) is 4.79 Å². The quantitative estimate of drug-likeness (QED) is 0.630. The number of ether oxygens (including phenoxy) is 1. The van der Waals surface area contributed by atoms with Gasteiger partial charge in [-0.05, 0) is 32.6 Å². The van der Waals surface area contributed by atoms with Gasteiger partial charge < -0.3 is 4.74 Å². The molecule has 1 rings (SSSR count). The van der Waals surface area contributed by atoms with Gasteiger partial charge in [0.05, 0.1) is 12.0 Å². The summed E-state index contributed by atoms with van der Waals surface area (Å²) in [5, 5.41) is 0. The first-order chi connectivity index (χ1) is 6.24. The fourth-order valence-electron chi connectivity index (χ4n) is 1.84. The van der Waals surface area contributed by atoms with E-state index < -0.39 is 0 Å². The van der Waals surface area contributed by atoms with Crippen molar-refractivity contribution in [3.8, 4) is 0 Å². The molecule has 0 aromatic rings. The highest BCUT2D eigenvalue weighted by Gasteiger charge is 2.24. The van der Waals surface area contributed by atoms with Crippen LogP contribution >= 0.6 is 0 Å². The van der Waals surface area contributed by atoms with E-state index in [1.165, 1.54) is 6.42 Å². The number of esters is 1. The Bertz CT molecular complexity index is 163. The minimum atomic E-state index is 0.0402. The second kappa shape index (κ2) is 5.25. The Balaban J connectivity index is 2.39. The summed E-state index contributed by atoms with van der Waals surface area (Å²) >= 11 is 0. The molecule has 0 radical (unpaired) electrons. The highest BCUT2D eigenvalue weighted by Crippen LogP contribution is 2.23. The molecule has 0 aliphatic carbocycles. The Morgan fingerprint density at radius 3 is 2.92 bits per heavy atom. The van der Waals surface area contributed by atoms with Crippen LogP contribution in [0.5, 0.6) is 0 Å². The first kappa shape index (κ1) is 10.6.